The maximum atomic E-state index is 13.5. The van der Waals surface area contributed by atoms with E-state index in [0.29, 0.717) is 35.6 Å². The highest BCUT2D eigenvalue weighted by molar-refractivity contribution is 6.31. The predicted molar refractivity (Wildman–Crippen MR) is 122 cm³/mol. The van der Waals surface area contributed by atoms with Crippen LogP contribution < -0.4 is 0 Å². The number of furan rings is 1. The summed E-state index contributed by atoms with van der Waals surface area (Å²) in [5.74, 6) is -1.60. The lowest BCUT2D eigenvalue weighted by molar-refractivity contribution is -0.129. The fourth-order valence-corrected chi connectivity index (χ4v) is 4.22. The molecular formula is C25H24ClNO5. The fourth-order valence-electron chi connectivity index (χ4n) is 4.04. The SMILES string of the molecule is CCc1ccc(C2C(C(=O)c3cc4cc(Cl)ccc4o3)=C(O)C(=O)N2CCCOC)cc1. The quantitative estimate of drug-likeness (QED) is 0.371. The zero-order valence-corrected chi connectivity index (χ0v) is 18.7. The fraction of sp³-hybridized carbons (Fsp3) is 0.280. The van der Waals surface area contributed by atoms with Crippen molar-refractivity contribution in [1.82, 2.24) is 4.90 Å². The minimum atomic E-state index is -0.713. The lowest BCUT2D eigenvalue weighted by atomic mass is 9.94. The molecule has 1 aliphatic heterocycles. The number of aryl methyl sites for hydroxylation is 1. The van der Waals surface area contributed by atoms with Gasteiger partial charge in [0.2, 0.25) is 5.78 Å². The van der Waals surface area contributed by atoms with Gasteiger partial charge in [-0.1, -0.05) is 42.8 Å². The number of fused-ring (bicyclic) bond motifs is 1. The zero-order chi connectivity index (χ0) is 22.8. The average molecular weight is 454 g/mol. The van der Waals surface area contributed by atoms with Crippen molar-refractivity contribution in [2.75, 3.05) is 20.3 Å². The molecule has 7 heteroatoms. The Balaban J connectivity index is 1.76. The highest BCUT2D eigenvalue weighted by Gasteiger charge is 2.44. The topological polar surface area (TPSA) is 80.0 Å². The van der Waals surface area contributed by atoms with E-state index in [9.17, 15) is 14.7 Å². The van der Waals surface area contributed by atoms with Gasteiger partial charge in [0.1, 0.15) is 5.58 Å². The van der Waals surface area contributed by atoms with Gasteiger partial charge in [0.15, 0.2) is 11.5 Å². The summed E-state index contributed by atoms with van der Waals surface area (Å²) >= 11 is 6.05. The van der Waals surface area contributed by atoms with E-state index in [1.54, 1.807) is 31.4 Å². The van der Waals surface area contributed by atoms with Crippen LogP contribution in [0.25, 0.3) is 11.0 Å². The first-order valence-corrected chi connectivity index (χ1v) is 10.9. The summed E-state index contributed by atoms with van der Waals surface area (Å²) in [5.41, 5.74) is 2.41. The maximum absolute atomic E-state index is 13.5. The number of hydrogen-bond acceptors (Lipinski definition) is 5. The minimum Gasteiger partial charge on any atom is -0.503 e. The number of rotatable bonds is 8. The number of nitrogens with zero attached hydrogens (tertiary/aromatic N) is 1. The number of ether oxygens (including phenoxy) is 1. The van der Waals surface area contributed by atoms with E-state index in [2.05, 4.69) is 6.92 Å². The summed E-state index contributed by atoms with van der Waals surface area (Å²) in [6.45, 7) is 2.85. The molecule has 1 atom stereocenters. The summed E-state index contributed by atoms with van der Waals surface area (Å²) in [4.78, 5) is 28.0. The molecule has 1 unspecified atom stereocenters. The molecule has 1 amide bonds. The molecule has 0 aliphatic carbocycles. The monoisotopic (exact) mass is 453 g/mol. The second kappa shape index (κ2) is 9.18. The van der Waals surface area contributed by atoms with Crippen molar-refractivity contribution in [3.8, 4) is 0 Å². The van der Waals surface area contributed by atoms with Crippen LogP contribution in [0, 0.1) is 0 Å². The van der Waals surface area contributed by atoms with Gasteiger partial charge in [-0.25, -0.2) is 0 Å². The molecule has 0 spiro atoms. The van der Waals surface area contributed by atoms with Gasteiger partial charge in [-0.3, -0.25) is 9.59 Å². The first-order chi connectivity index (χ1) is 15.4. The van der Waals surface area contributed by atoms with Gasteiger partial charge in [0.25, 0.3) is 5.91 Å². The lowest BCUT2D eigenvalue weighted by Gasteiger charge is -2.26. The van der Waals surface area contributed by atoms with E-state index >= 15 is 0 Å². The van der Waals surface area contributed by atoms with Crippen LogP contribution in [0.5, 0.6) is 0 Å². The molecule has 2 heterocycles. The van der Waals surface area contributed by atoms with Crippen LogP contribution in [0.2, 0.25) is 5.02 Å². The second-order valence-corrected chi connectivity index (χ2v) is 8.16. The van der Waals surface area contributed by atoms with Crippen molar-refractivity contribution in [1.29, 1.82) is 0 Å². The number of aliphatic hydroxyl groups is 1. The Morgan fingerprint density at radius 2 is 1.94 bits per heavy atom. The van der Waals surface area contributed by atoms with E-state index < -0.39 is 23.5 Å². The molecule has 1 N–H and O–H groups in total. The molecule has 6 nitrogen and oxygen atoms in total. The van der Waals surface area contributed by atoms with Gasteiger partial charge in [-0.2, -0.15) is 0 Å². The Labute approximate surface area is 191 Å². The summed E-state index contributed by atoms with van der Waals surface area (Å²) in [5, 5.41) is 11.9. The molecule has 166 valence electrons. The molecule has 4 rings (SSSR count). The Kier molecular flexibility index (Phi) is 6.35. The number of Topliss-reactive ketones (excluding diaryl/α,β-unsaturated/α-hetero) is 1. The number of halogens is 1. The molecule has 0 saturated heterocycles. The van der Waals surface area contributed by atoms with E-state index in [1.807, 2.05) is 24.3 Å². The Morgan fingerprint density at radius 3 is 2.62 bits per heavy atom. The van der Waals surface area contributed by atoms with Gasteiger partial charge in [-0.15, -0.1) is 0 Å². The highest BCUT2D eigenvalue weighted by atomic mass is 35.5. The normalized spacial score (nSPS) is 16.4. The Hall–Kier alpha value is -3.09. The van der Waals surface area contributed by atoms with E-state index in [0.717, 1.165) is 17.5 Å². The zero-order valence-electron chi connectivity index (χ0n) is 17.9. The van der Waals surface area contributed by atoms with E-state index in [4.69, 9.17) is 20.8 Å². The largest absolute Gasteiger partial charge is 0.503 e. The number of methoxy groups -OCH3 is 1. The van der Waals surface area contributed by atoms with Crippen LogP contribution >= 0.6 is 11.6 Å². The van der Waals surface area contributed by atoms with Gasteiger partial charge in [-0.05, 0) is 48.2 Å². The van der Waals surface area contributed by atoms with Crippen LogP contribution in [0.4, 0.5) is 0 Å². The number of aliphatic hydroxyl groups excluding tert-OH is 1. The maximum Gasteiger partial charge on any atom is 0.290 e. The third kappa shape index (κ3) is 4.04. The third-order valence-electron chi connectivity index (χ3n) is 5.70. The molecule has 0 radical (unpaired) electrons. The molecule has 1 aromatic heterocycles. The molecule has 0 fully saturated rings. The van der Waals surface area contributed by atoms with Crippen molar-refractivity contribution < 1.29 is 23.8 Å². The number of ketones is 1. The smallest absolute Gasteiger partial charge is 0.290 e. The molecule has 2 aromatic carbocycles. The number of carbonyl (C=O) groups is 2. The van der Waals surface area contributed by atoms with Crippen molar-refractivity contribution in [2.24, 2.45) is 0 Å². The first-order valence-electron chi connectivity index (χ1n) is 10.5. The molecule has 0 saturated carbocycles. The van der Waals surface area contributed by atoms with Crippen molar-refractivity contribution in [3.63, 3.8) is 0 Å². The van der Waals surface area contributed by atoms with Gasteiger partial charge in [0.05, 0.1) is 11.6 Å². The predicted octanol–water partition coefficient (Wildman–Crippen LogP) is 5.26. The van der Waals surface area contributed by atoms with Crippen molar-refractivity contribution in [2.45, 2.75) is 25.8 Å². The minimum absolute atomic E-state index is 0.0156. The molecule has 3 aromatic rings. The number of benzene rings is 2. The standard InChI is InChI=1S/C25H24ClNO5/c1-3-15-5-7-16(8-6-15)22-21(24(29)25(30)27(22)11-4-12-31-2)23(28)20-14-17-13-18(26)9-10-19(17)32-20/h5-10,13-14,22,29H,3-4,11-12H2,1-2H3. The highest BCUT2D eigenvalue weighted by Crippen LogP contribution is 2.40. The van der Waals surface area contributed by atoms with Crippen molar-refractivity contribution in [3.05, 3.63) is 81.8 Å². The lowest BCUT2D eigenvalue weighted by Crippen LogP contribution is -2.32. The van der Waals surface area contributed by atoms with Gasteiger partial charge < -0.3 is 19.2 Å². The van der Waals surface area contributed by atoms with Crippen LogP contribution in [0.1, 0.15) is 41.1 Å². The molecule has 32 heavy (non-hydrogen) atoms. The van der Waals surface area contributed by atoms with E-state index in [-0.39, 0.29) is 11.3 Å². The number of hydrogen-bond donors (Lipinski definition) is 1. The summed E-state index contributed by atoms with van der Waals surface area (Å²) in [6.07, 6.45) is 1.44. The molecular weight excluding hydrogens is 430 g/mol. The van der Waals surface area contributed by atoms with Crippen LogP contribution in [0.3, 0.4) is 0 Å². The number of amides is 1. The second-order valence-electron chi connectivity index (χ2n) is 7.73. The Morgan fingerprint density at radius 1 is 1.19 bits per heavy atom. The molecule has 0 bridgehead atoms. The van der Waals surface area contributed by atoms with Gasteiger partial charge in [0, 0.05) is 30.7 Å². The number of carbonyl (C=O) groups excluding carboxylic acids is 2. The van der Waals surface area contributed by atoms with E-state index in [1.165, 1.54) is 4.90 Å². The summed E-state index contributed by atoms with van der Waals surface area (Å²) in [7, 11) is 1.59. The van der Waals surface area contributed by atoms with Crippen LogP contribution in [-0.4, -0.2) is 42.0 Å². The van der Waals surface area contributed by atoms with Gasteiger partial charge >= 0.3 is 0 Å². The first kappa shape index (κ1) is 22.1. The van der Waals surface area contributed by atoms with Crippen molar-refractivity contribution >= 4 is 34.3 Å². The summed E-state index contributed by atoms with van der Waals surface area (Å²) in [6, 6.07) is 13.6. The summed E-state index contributed by atoms with van der Waals surface area (Å²) < 4.78 is 10.8. The van der Waals surface area contributed by atoms with Crippen LogP contribution in [0.15, 0.2) is 64.3 Å². The van der Waals surface area contributed by atoms with Crippen LogP contribution in [-0.2, 0) is 16.0 Å². The third-order valence-corrected chi connectivity index (χ3v) is 5.94. The Bertz CT molecular complexity index is 1190. The molecule has 1 aliphatic rings. The average Bonchev–Trinajstić information content (AvgIpc) is 3.33.